The van der Waals surface area contributed by atoms with Crippen LogP contribution in [0.15, 0.2) is 24.4 Å². The Balaban J connectivity index is 1.35. The van der Waals surface area contributed by atoms with Crippen molar-refractivity contribution in [1.82, 2.24) is 24.6 Å². The second kappa shape index (κ2) is 8.11. The van der Waals surface area contributed by atoms with Crippen LogP contribution in [-0.2, 0) is 7.05 Å². The van der Waals surface area contributed by atoms with Gasteiger partial charge in [-0.15, -0.1) is 0 Å². The Labute approximate surface area is 173 Å². The minimum Gasteiger partial charge on any atom is -0.489 e. The number of aromatic nitrogens is 4. The number of hydrogen-bond acceptors (Lipinski definition) is 6. The molecule has 1 fully saturated rings. The monoisotopic (exact) mass is 420 g/mol. The highest BCUT2D eigenvalue weighted by molar-refractivity contribution is 6.37. The molecular weight excluding hydrogens is 399 g/mol. The van der Waals surface area contributed by atoms with Crippen molar-refractivity contribution in [2.75, 3.05) is 44.2 Å². The van der Waals surface area contributed by atoms with E-state index in [-0.39, 0.29) is 0 Å². The largest absolute Gasteiger partial charge is 0.489 e. The summed E-state index contributed by atoms with van der Waals surface area (Å²) in [7, 11) is 1.90. The molecule has 0 aliphatic carbocycles. The summed E-state index contributed by atoms with van der Waals surface area (Å²) in [4.78, 5) is 13.9. The van der Waals surface area contributed by atoms with Crippen molar-refractivity contribution in [3.05, 3.63) is 40.3 Å². The Morgan fingerprint density at radius 1 is 1.07 bits per heavy atom. The summed E-state index contributed by atoms with van der Waals surface area (Å²) < 4.78 is 7.60. The molecule has 0 N–H and O–H groups in total. The van der Waals surface area contributed by atoms with E-state index in [0.717, 1.165) is 55.4 Å². The van der Waals surface area contributed by atoms with E-state index < -0.39 is 0 Å². The van der Waals surface area contributed by atoms with Crippen LogP contribution in [0.25, 0.3) is 11.0 Å². The zero-order chi connectivity index (χ0) is 19.7. The molecule has 148 valence electrons. The lowest BCUT2D eigenvalue weighted by atomic mass is 10.2. The quantitative estimate of drug-likeness (QED) is 0.631. The third kappa shape index (κ3) is 3.87. The van der Waals surface area contributed by atoms with Crippen molar-refractivity contribution in [3.63, 3.8) is 0 Å². The predicted molar refractivity (Wildman–Crippen MR) is 112 cm³/mol. The van der Waals surface area contributed by atoms with Gasteiger partial charge in [-0.1, -0.05) is 29.3 Å². The molecule has 1 saturated heterocycles. The molecule has 0 radical (unpaired) electrons. The number of aryl methyl sites for hydroxylation is 2. The second-order valence-corrected chi connectivity index (χ2v) is 7.64. The summed E-state index contributed by atoms with van der Waals surface area (Å²) in [6.45, 7) is 6.95. The van der Waals surface area contributed by atoms with Gasteiger partial charge in [-0.25, -0.2) is 9.97 Å². The first-order valence-electron chi connectivity index (χ1n) is 9.23. The van der Waals surface area contributed by atoms with Crippen molar-refractivity contribution in [1.29, 1.82) is 0 Å². The summed E-state index contributed by atoms with van der Waals surface area (Å²) in [6.07, 6.45) is 1.84. The number of hydrogen-bond donors (Lipinski definition) is 0. The van der Waals surface area contributed by atoms with Crippen LogP contribution in [0.2, 0.25) is 10.0 Å². The number of rotatable bonds is 5. The number of anilines is 1. The van der Waals surface area contributed by atoms with Crippen molar-refractivity contribution >= 4 is 40.1 Å². The molecule has 3 aromatic rings. The summed E-state index contributed by atoms with van der Waals surface area (Å²) in [5.41, 5.74) is 0.870. The SMILES string of the molecule is Cc1nc(N2CCN(CCOc3c(Cl)cccc3Cl)CC2)c2cnn(C)c2n1. The molecule has 0 amide bonds. The van der Waals surface area contributed by atoms with Gasteiger partial charge in [0.2, 0.25) is 0 Å². The van der Waals surface area contributed by atoms with Crippen molar-refractivity contribution in [2.24, 2.45) is 7.05 Å². The molecule has 0 unspecified atom stereocenters. The first-order valence-corrected chi connectivity index (χ1v) is 9.99. The van der Waals surface area contributed by atoms with E-state index in [2.05, 4.69) is 24.9 Å². The van der Waals surface area contributed by atoms with E-state index in [9.17, 15) is 0 Å². The zero-order valence-electron chi connectivity index (χ0n) is 15.9. The van der Waals surface area contributed by atoms with Gasteiger partial charge in [0.05, 0.1) is 21.6 Å². The number of ether oxygens (including phenoxy) is 1. The molecule has 1 aromatic carbocycles. The molecular formula is C19H22Cl2N6O. The summed E-state index contributed by atoms with van der Waals surface area (Å²) in [6, 6.07) is 5.37. The lowest BCUT2D eigenvalue weighted by Gasteiger charge is -2.35. The van der Waals surface area contributed by atoms with E-state index >= 15 is 0 Å². The van der Waals surface area contributed by atoms with E-state index in [4.69, 9.17) is 27.9 Å². The van der Waals surface area contributed by atoms with Gasteiger partial charge < -0.3 is 9.64 Å². The Kier molecular flexibility index (Phi) is 5.57. The average molecular weight is 421 g/mol. The van der Waals surface area contributed by atoms with Gasteiger partial charge in [-0.05, 0) is 19.1 Å². The maximum absolute atomic E-state index is 6.15. The first-order chi connectivity index (χ1) is 13.5. The number of fused-ring (bicyclic) bond motifs is 1. The highest BCUT2D eigenvalue weighted by Crippen LogP contribution is 2.32. The number of nitrogens with zero attached hydrogens (tertiary/aromatic N) is 6. The molecule has 1 aliphatic heterocycles. The van der Waals surface area contributed by atoms with Crippen LogP contribution in [0.3, 0.4) is 0 Å². The maximum atomic E-state index is 6.15. The van der Waals surface area contributed by atoms with E-state index in [1.165, 1.54) is 0 Å². The highest BCUT2D eigenvalue weighted by atomic mass is 35.5. The van der Waals surface area contributed by atoms with Crippen LogP contribution in [0.1, 0.15) is 5.82 Å². The summed E-state index contributed by atoms with van der Waals surface area (Å²) >= 11 is 12.3. The van der Waals surface area contributed by atoms with Gasteiger partial charge in [-0.2, -0.15) is 5.10 Å². The van der Waals surface area contributed by atoms with Crippen LogP contribution < -0.4 is 9.64 Å². The van der Waals surface area contributed by atoms with E-state index in [1.54, 1.807) is 16.8 Å². The minimum atomic E-state index is 0.539. The van der Waals surface area contributed by atoms with Crippen molar-refractivity contribution in [2.45, 2.75) is 6.92 Å². The molecule has 2 aromatic heterocycles. The molecule has 7 nitrogen and oxygen atoms in total. The first kappa shape index (κ1) is 19.2. The molecule has 1 aliphatic rings. The van der Waals surface area contributed by atoms with Gasteiger partial charge in [0.15, 0.2) is 11.4 Å². The average Bonchev–Trinajstić information content (AvgIpc) is 3.05. The van der Waals surface area contributed by atoms with Crippen LogP contribution >= 0.6 is 23.2 Å². The lowest BCUT2D eigenvalue weighted by Crippen LogP contribution is -2.47. The van der Waals surface area contributed by atoms with Crippen LogP contribution in [0, 0.1) is 6.92 Å². The molecule has 9 heteroatoms. The second-order valence-electron chi connectivity index (χ2n) is 6.83. The van der Waals surface area contributed by atoms with Gasteiger partial charge in [-0.3, -0.25) is 9.58 Å². The molecule has 3 heterocycles. The topological polar surface area (TPSA) is 59.3 Å². The Bertz CT molecular complexity index is 964. The Morgan fingerprint density at radius 3 is 2.50 bits per heavy atom. The molecule has 4 rings (SSSR count). The molecule has 0 bridgehead atoms. The molecule has 0 atom stereocenters. The van der Waals surface area contributed by atoms with E-state index in [0.29, 0.717) is 22.4 Å². The van der Waals surface area contributed by atoms with Crippen molar-refractivity contribution < 1.29 is 4.74 Å². The summed E-state index contributed by atoms with van der Waals surface area (Å²) in [5, 5.41) is 6.41. The van der Waals surface area contributed by atoms with E-state index in [1.807, 2.05) is 26.2 Å². The van der Waals surface area contributed by atoms with Gasteiger partial charge in [0, 0.05) is 39.8 Å². The Morgan fingerprint density at radius 2 is 1.79 bits per heavy atom. The third-order valence-electron chi connectivity index (χ3n) is 4.93. The number of halogens is 2. The molecule has 0 spiro atoms. The fraction of sp³-hybridized carbons (Fsp3) is 0.421. The lowest BCUT2D eigenvalue weighted by molar-refractivity contribution is 0.200. The Hall–Kier alpha value is -2.09. The number of piperazine rings is 1. The fourth-order valence-electron chi connectivity index (χ4n) is 3.43. The summed E-state index contributed by atoms with van der Waals surface area (Å²) in [5.74, 6) is 2.28. The normalized spacial score (nSPS) is 15.4. The third-order valence-corrected chi connectivity index (χ3v) is 5.52. The fourth-order valence-corrected chi connectivity index (χ4v) is 3.94. The molecule has 28 heavy (non-hydrogen) atoms. The van der Waals surface area contributed by atoms with Gasteiger partial charge in [0.25, 0.3) is 0 Å². The minimum absolute atomic E-state index is 0.539. The predicted octanol–water partition coefficient (Wildman–Crippen LogP) is 3.18. The van der Waals surface area contributed by atoms with Crippen LogP contribution in [-0.4, -0.2) is 64.0 Å². The van der Waals surface area contributed by atoms with Crippen LogP contribution in [0.4, 0.5) is 5.82 Å². The molecule has 0 saturated carbocycles. The van der Waals surface area contributed by atoms with Crippen molar-refractivity contribution in [3.8, 4) is 5.75 Å². The smallest absolute Gasteiger partial charge is 0.163 e. The standard InChI is InChI=1S/C19H22Cl2N6O/c1-13-23-18-14(12-22-25(18)2)19(24-13)27-8-6-26(7-9-27)10-11-28-17-15(20)4-3-5-16(17)21/h3-5,12H,6-11H2,1-2H3. The van der Waals surface area contributed by atoms with Crippen LogP contribution in [0.5, 0.6) is 5.75 Å². The van der Waals surface area contributed by atoms with Gasteiger partial charge in [0.1, 0.15) is 18.2 Å². The number of benzene rings is 1. The maximum Gasteiger partial charge on any atom is 0.163 e. The number of para-hydroxylation sites is 1. The van der Waals surface area contributed by atoms with Gasteiger partial charge >= 0.3 is 0 Å². The highest BCUT2D eigenvalue weighted by Gasteiger charge is 2.21. The zero-order valence-corrected chi connectivity index (χ0v) is 17.4.